The standard InChI is InChI=1S/C17H21N4O4PS/c1-4-24-26(23,25-5-2)12-15(22)19-16-14(11-18)17(27-3)20-21(16)13-9-7-6-8-10-13/h6-10H,4-5,12H2,1-3H3,(H,19,22). The SMILES string of the molecule is CCOP(=O)(CC(=O)Nc1c(C#N)c(SC)nn1-c1ccccc1)OCC. The van der Waals surface area contributed by atoms with Crippen molar-refractivity contribution in [3.05, 3.63) is 35.9 Å². The molecule has 0 atom stereocenters. The van der Waals surface area contributed by atoms with E-state index >= 15 is 0 Å². The molecule has 144 valence electrons. The number of para-hydroxylation sites is 1. The van der Waals surface area contributed by atoms with Gasteiger partial charge >= 0.3 is 7.60 Å². The van der Waals surface area contributed by atoms with Crippen molar-refractivity contribution in [2.75, 3.05) is 30.9 Å². The Bertz CT molecular complexity index is 869. The van der Waals surface area contributed by atoms with Gasteiger partial charge in [0.2, 0.25) is 5.91 Å². The van der Waals surface area contributed by atoms with Crippen LogP contribution in [0, 0.1) is 11.3 Å². The minimum absolute atomic E-state index is 0.159. The molecule has 1 aromatic heterocycles. The van der Waals surface area contributed by atoms with Crippen molar-refractivity contribution >= 4 is 31.1 Å². The Morgan fingerprint density at radius 3 is 2.44 bits per heavy atom. The van der Waals surface area contributed by atoms with Crippen molar-refractivity contribution in [1.82, 2.24) is 9.78 Å². The van der Waals surface area contributed by atoms with Crippen molar-refractivity contribution in [3.63, 3.8) is 0 Å². The van der Waals surface area contributed by atoms with E-state index in [9.17, 15) is 14.6 Å². The number of anilines is 1. The highest BCUT2D eigenvalue weighted by atomic mass is 32.2. The lowest BCUT2D eigenvalue weighted by Gasteiger charge is -2.17. The summed E-state index contributed by atoms with van der Waals surface area (Å²) in [4.78, 5) is 12.5. The van der Waals surface area contributed by atoms with Gasteiger partial charge in [0.15, 0.2) is 5.82 Å². The number of thioether (sulfide) groups is 1. The van der Waals surface area contributed by atoms with Gasteiger partial charge in [0.05, 0.1) is 18.9 Å². The number of hydrogen-bond donors (Lipinski definition) is 1. The molecule has 1 aromatic carbocycles. The Labute approximate surface area is 162 Å². The van der Waals surface area contributed by atoms with Crippen LogP contribution in [0.3, 0.4) is 0 Å². The molecule has 0 unspecified atom stereocenters. The number of nitriles is 1. The molecule has 1 amide bonds. The summed E-state index contributed by atoms with van der Waals surface area (Å²) in [6.07, 6.45) is 1.34. The van der Waals surface area contributed by atoms with Gasteiger partial charge in [-0.2, -0.15) is 10.4 Å². The summed E-state index contributed by atoms with van der Waals surface area (Å²) in [6.45, 7) is 3.66. The molecule has 8 nitrogen and oxygen atoms in total. The molecule has 0 radical (unpaired) electrons. The lowest BCUT2D eigenvalue weighted by Crippen LogP contribution is -2.20. The quantitative estimate of drug-likeness (QED) is 0.498. The van der Waals surface area contributed by atoms with Crippen LogP contribution in [0.15, 0.2) is 35.4 Å². The fraction of sp³-hybridized carbons (Fsp3) is 0.353. The van der Waals surface area contributed by atoms with Gasteiger partial charge in [-0.1, -0.05) is 18.2 Å². The first-order valence-corrected chi connectivity index (χ1v) is 11.2. The summed E-state index contributed by atoms with van der Waals surface area (Å²) >= 11 is 1.30. The van der Waals surface area contributed by atoms with Gasteiger partial charge in [-0.05, 0) is 32.2 Å². The van der Waals surface area contributed by atoms with Crippen molar-refractivity contribution in [2.24, 2.45) is 0 Å². The smallest absolute Gasteiger partial charge is 0.309 e. The predicted molar refractivity (Wildman–Crippen MR) is 104 cm³/mol. The molecule has 2 rings (SSSR count). The highest BCUT2D eigenvalue weighted by molar-refractivity contribution is 7.98. The zero-order valence-corrected chi connectivity index (χ0v) is 17.0. The van der Waals surface area contributed by atoms with E-state index in [1.807, 2.05) is 18.2 Å². The molecular weight excluding hydrogens is 387 g/mol. The normalized spacial score (nSPS) is 11.2. The number of rotatable bonds is 9. The topological polar surface area (TPSA) is 106 Å². The predicted octanol–water partition coefficient (Wildman–Crippen LogP) is 3.67. The largest absolute Gasteiger partial charge is 0.340 e. The summed E-state index contributed by atoms with van der Waals surface area (Å²) in [6, 6.07) is 11.2. The van der Waals surface area contributed by atoms with E-state index in [0.717, 1.165) is 0 Å². The fourth-order valence-corrected chi connectivity index (χ4v) is 4.37. The van der Waals surface area contributed by atoms with E-state index in [2.05, 4.69) is 16.5 Å². The Morgan fingerprint density at radius 1 is 1.30 bits per heavy atom. The molecule has 10 heteroatoms. The minimum atomic E-state index is -3.55. The third-order valence-corrected chi connectivity index (χ3v) is 6.06. The van der Waals surface area contributed by atoms with Gasteiger partial charge in [-0.15, -0.1) is 11.8 Å². The third kappa shape index (κ3) is 5.21. The van der Waals surface area contributed by atoms with E-state index in [1.165, 1.54) is 16.4 Å². The van der Waals surface area contributed by atoms with Crippen LogP contribution in [0.4, 0.5) is 5.82 Å². The number of carbonyl (C=O) groups is 1. The molecule has 0 fully saturated rings. The van der Waals surface area contributed by atoms with E-state index in [1.54, 1.807) is 32.2 Å². The Morgan fingerprint density at radius 2 is 1.93 bits per heavy atom. The van der Waals surface area contributed by atoms with Crippen LogP contribution < -0.4 is 5.32 Å². The van der Waals surface area contributed by atoms with Crippen LogP contribution >= 0.6 is 19.4 Å². The first-order chi connectivity index (χ1) is 13.0. The molecule has 2 aromatic rings. The van der Waals surface area contributed by atoms with Gasteiger partial charge < -0.3 is 14.4 Å². The second kappa shape index (κ2) is 9.72. The van der Waals surface area contributed by atoms with Crippen LogP contribution in [0.5, 0.6) is 0 Å². The number of benzene rings is 1. The van der Waals surface area contributed by atoms with Crippen molar-refractivity contribution in [2.45, 2.75) is 18.9 Å². The van der Waals surface area contributed by atoms with Gasteiger partial charge in [0, 0.05) is 0 Å². The molecule has 1 heterocycles. The number of nitrogens with one attached hydrogen (secondary N) is 1. The van der Waals surface area contributed by atoms with Gasteiger partial charge in [-0.25, -0.2) is 4.68 Å². The van der Waals surface area contributed by atoms with Crippen LogP contribution in [0.25, 0.3) is 5.69 Å². The maximum atomic E-state index is 12.6. The maximum Gasteiger partial charge on any atom is 0.340 e. The number of amides is 1. The van der Waals surface area contributed by atoms with E-state index < -0.39 is 19.7 Å². The fourth-order valence-electron chi connectivity index (χ4n) is 2.38. The molecule has 0 aliphatic carbocycles. The summed E-state index contributed by atoms with van der Waals surface area (Å²) in [5, 5.41) is 17.1. The van der Waals surface area contributed by atoms with E-state index in [4.69, 9.17) is 9.05 Å². The molecule has 0 spiro atoms. The van der Waals surface area contributed by atoms with Crippen LogP contribution in [0.2, 0.25) is 0 Å². The van der Waals surface area contributed by atoms with Gasteiger partial charge in [-0.3, -0.25) is 9.36 Å². The Balaban J connectivity index is 2.37. The number of nitrogens with zero attached hydrogens (tertiary/aromatic N) is 3. The van der Waals surface area contributed by atoms with Gasteiger partial charge in [0.1, 0.15) is 22.8 Å². The molecule has 1 N–H and O–H groups in total. The molecule has 0 aliphatic heterocycles. The highest BCUT2D eigenvalue weighted by Crippen LogP contribution is 2.47. The maximum absolute atomic E-state index is 12.6. The lowest BCUT2D eigenvalue weighted by atomic mass is 10.3. The average Bonchev–Trinajstić information content (AvgIpc) is 2.99. The summed E-state index contributed by atoms with van der Waals surface area (Å²) in [7, 11) is -3.55. The Kier molecular flexibility index (Phi) is 7.63. The average molecular weight is 408 g/mol. The minimum Gasteiger partial charge on any atom is -0.309 e. The van der Waals surface area contributed by atoms with Crippen molar-refractivity contribution in [1.29, 1.82) is 5.26 Å². The number of aromatic nitrogens is 2. The summed E-state index contributed by atoms with van der Waals surface area (Å²) < 4.78 is 24.4. The second-order valence-electron chi connectivity index (χ2n) is 5.24. The zero-order chi connectivity index (χ0) is 19.9. The molecule has 0 bridgehead atoms. The summed E-state index contributed by atoms with van der Waals surface area (Å²) in [5.74, 6) is -0.362. The molecule has 0 saturated carbocycles. The second-order valence-corrected chi connectivity index (χ2v) is 8.09. The first kappa shape index (κ1) is 21.2. The molecule has 27 heavy (non-hydrogen) atoms. The molecular formula is C17H21N4O4PS. The first-order valence-electron chi connectivity index (χ1n) is 8.28. The lowest BCUT2D eigenvalue weighted by molar-refractivity contribution is -0.114. The monoisotopic (exact) mass is 408 g/mol. The van der Waals surface area contributed by atoms with Crippen LogP contribution in [-0.4, -0.2) is 41.3 Å². The number of carbonyl (C=O) groups excluding carboxylic acids is 1. The van der Waals surface area contributed by atoms with Crippen molar-refractivity contribution in [3.8, 4) is 11.8 Å². The van der Waals surface area contributed by atoms with E-state index in [0.29, 0.717) is 10.7 Å². The van der Waals surface area contributed by atoms with Crippen LogP contribution in [-0.2, 0) is 18.4 Å². The zero-order valence-electron chi connectivity index (χ0n) is 15.3. The molecule has 0 saturated heterocycles. The number of hydrogen-bond acceptors (Lipinski definition) is 7. The summed E-state index contributed by atoms with van der Waals surface area (Å²) in [5.41, 5.74) is 0.921. The Hall–Kier alpha value is -2.11. The molecule has 0 aliphatic rings. The van der Waals surface area contributed by atoms with E-state index in [-0.39, 0.29) is 24.6 Å². The van der Waals surface area contributed by atoms with Crippen molar-refractivity contribution < 1.29 is 18.4 Å². The van der Waals surface area contributed by atoms with Gasteiger partial charge in [0.25, 0.3) is 0 Å². The highest BCUT2D eigenvalue weighted by Gasteiger charge is 2.29. The third-order valence-electron chi connectivity index (χ3n) is 3.41. The van der Waals surface area contributed by atoms with Crippen LogP contribution in [0.1, 0.15) is 19.4 Å².